The minimum Gasteiger partial charge on any atom is -0.390 e. The fourth-order valence-corrected chi connectivity index (χ4v) is 2.44. The van der Waals surface area contributed by atoms with Gasteiger partial charge in [-0.25, -0.2) is 4.39 Å². The zero-order valence-electron chi connectivity index (χ0n) is 8.47. The molecule has 2 rings (SSSR count). The lowest BCUT2D eigenvalue weighted by molar-refractivity contribution is 0.0482. The molecule has 1 nitrogen and oxygen atoms in total. The molecule has 1 saturated carbocycles. The Kier molecular flexibility index (Phi) is 2.98. The van der Waals surface area contributed by atoms with Crippen molar-refractivity contribution >= 4 is 11.6 Å². The van der Waals surface area contributed by atoms with E-state index >= 15 is 0 Å². The summed E-state index contributed by atoms with van der Waals surface area (Å²) < 4.78 is 12.9. The maximum absolute atomic E-state index is 12.9. The largest absolute Gasteiger partial charge is 0.390 e. The van der Waals surface area contributed by atoms with Gasteiger partial charge < -0.3 is 5.11 Å². The fourth-order valence-electron chi connectivity index (χ4n) is 2.24. The molecule has 15 heavy (non-hydrogen) atoms. The van der Waals surface area contributed by atoms with Gasteiger partial charge in [-0.15, -0.1) is 0 Å². The summed E-state index contributed by atoms with van der Waals surface area (Å²) in [5, 5.41) is 10.3. The van der Waals surface area contributed by atoms with E-state index in [0.717, 1.165) is 31.2 Å². The first-order valence-corrected chi connectivity index (χ1v) is 5.63. The first-order chi connectivity index (χ1) is 7.09. The molecule has 0 aromatic heterocycles. The van der Waals surface area contributed by atoms with Crippen LogP contribution in [0, 0.1) is 5.82 Å². The minimum absolute atomic E-state index is 0.133. The summed E-state index contributed by atoms with van der Waals surface area (Å²) in [7, 11) is 0. The molecule has 1 aromatic carbocycles. The van der Waals surface area contributed by atoms with Crippen LogP contribution in [0.25, 0.3) is 0 Å². The number of hydrogen-bond acceptors (Lipinski definition) is 1. The van der Waals surface area contributed by atoms with Crippen LogP contribution in [0.1, 0.15) is 31.2 Å². The van der Waals surface area contributed by atoms with Gasteiger partial charge >= 0.3 is 0 Å². The molecule has 1 N–H and O–H groups in total. The summed E-state index contributed by atoms with van der Waals surface area (Å²) >= 11 is 5.69. The Bertz CT molecular complexity index is 359. The van der Waals surface area contributed by atoms with Crippen molar-refractivity contribution in [2.24, 2.45) is 0 Å². The Morgan fingerprint density at radius 3 is 2.60 bits per heavy atom. The summed E-state index contributed by atoms with van der Waals surface area (Å²) in [5.74, 6) is -0.404. The van der Waals surface area contributed by atoms with Crippen LogP contribution in [0.3, 0.4) is 0 Å². The topological polar surface area (TPSA) is 20.2 Å². The molecular weight excluding hydrogens is 215 g/mol. The Hall–Kier alpha value is -0.600. The average molecular weight is 229 g/mol. The first-order valence-electron chi connectivity index (χ1n) is 5.25. The van der Waals surface area contributed by atoms with Crippen molar-refractivity contribution in [2.75, 3.05) is 0 Å². The second-order valence-corrected chi connectivity index (χ2v) is 4.76. The normalized spacial score (nSPS) is 19.4. The summed E-state index contributed by atoms with van der Waals surface area (Å²) in [5.41, 5.74) is 0.312. The van der Waals surface area contributed by atoms with E-state index in [-0.39, 0.29) is 5.02 Å². The van der Waals surface area contributed by atoms with Gasteiger partial charge in [-0.3, -0.25) is 0 Å². The molecule has 0 amide bonds. The number of aliphatic hydroxyl groups is 1. The summed E-state index contributed by atoms with van der Waals surface area (Å²) in [6, 6.07) is 4.65. The van der Waals surface area contributed by atoms with Crippen molar-refractivity contribution in [3.63, 3.8) is 0 Å². The van der Waals surface area contributed by atoms with Crippen LogP contribution in [0.15, 0.2) is 18.2 Å². The number of halogens is 2. The molecule has 1 fully saturated rings. The zero-order chi connectivity index (χ0) is 10.9. The van der Waals surface area contributed by atoms with E-state index in [1.807, 2.05) is 0 Å². The lowest BCUT2D eigenvalue weighted by atomic mass is 9.93. The molecule has 1 aromatic rings. The van der Waals surface area contributed by atoms with Crippen LogP contribution >= 0.6 is 11.6 Å². The highest BCUT2D eigenvalue weighted by atomic mass is 35.5. The lowest BCUT2D eigenvalue weighted by Crippen LogP contribution is -2.26. The predicted octanol–water partition coefficient (Wildman–Crippen LogP) is 3.33. The fraction of sp³-hybridized carbons (Fsp3) is 0.500. The van der Waals surface area contributed by atoms with Gasteiger partial charge in [0.05, 0.1) is 10.6 Å². The van der Waals surface area contributed by atoms with Gasteiger partial charge in [0.1, 0.15) is 5.82 Å². The smallest absolute Gasteiger partial charge is 0.141 e. The van der Waals surface area contributed by atoms with E-state index in [4.69, 9.17) is 11.6 Å². The van der Waals surface area contributed by atoms with Gasteiger partial charge in [-0.05, 0) is 30.5 Å². The van der Waals surface area contributed by atoms with Gasteiger partial charge in [-0.1, -0.05) is 30.5 Å². The van der Waals surface area contributed by atoms with Crippen LogP contribution in [-0.2, 0) is 6.42 Å². The van der Waals surface area contributed by atoms with E-state index in [1.165, 1.54) is 6.07 Å². The van der Waals surface area contributed by atoms with E-state index < -0.39 is 11.4 Å². The first kappa shape index (κ1) is 10.9. The Morgan fingerprint density at radius 1 is 1.33 bits per heavy atom. The molecule has 0 radical (unpaired) electrons. The van der Waals surface area contributed by atoms with E-state index in [0.29, 0.717) is 6.42 Å². The molecule has 0 bridgehead atoms. The SMILES string of the molecule is OC1(Cc2ccc(F)c(Cl)c2)CCCC1. The molecular formula is C12H14ClFO. The van der Waals surface area contributed by atoms with E-state index in [2.05, 4.69) is 0 Å². The zero-order valence-corrected chi connectivity index (χ0v) is 9.23. The van der Waals surface area contributed by atoms with Gasteiger partial charge in [0.15, 0.2) is 0 Å². The summed E-state index contributed by atoms with van der Waals surface area (Å²) in [6.45, 7) is 0. The molecule has 0 heterocycles. The van der Waals surface area contributed by atoms with Crippen molar-refractivity contribution in [3.05, 3.63) is 34.6 Å². The average Bonchev–Trinajstić information content (AvgIpc) is 2.59. The quantitative estimate of drug-likeness (QED) is 0.823. The van der Waals surface area contributed by atoms with Gasteiger partial charge in [-0.2, -0.15) is 0 Å². The molecule has 0 atom stereocenters. The maximum atomic E-state index is 12.9. The van der Waals surface area contributed by atoms with Crippen molar-refractivity contribution in [1.29, 1.82) is 0 Å². The third kappa shape index (κ3) is 2.50. The Morgan fingerprint density at radius 2 is 2.00 bits per heavy atom. The maximum Gasteiger partial charge on any atom is 0.141 e. The highest BCUT2D eigenvalue weighted by Gasteiger charge is 2.31. The summed E-state index contributed by atoms with van der Waals surface area (Å²) in [6.07, 6.45) is 4.40. The Balaban J connectivity index is 2.13. The van der Waals surface area contributed by atoms with Crippen LogP contribution in [-0.4, -0.2) is 10.7 Å². The molecule has 0 saturated heterocycles. The third-order valence-corrected chi connectivity index (χ3v) is 3.34. The van der Waals surface area contributed by atoms with Crippen molar-refractivity contribution in [1.82, 2.24) is 0 Å². The Labute approximate surface area is 93.9 Å². The highest BCUT2D eigenvalue weighted by molar-refractivity contribution is 6.30. The van der Waals surface area contributed by atoms with Crippen LogP contribution < -0.4 is 0 Å². The minimum atomic E-state index is -0.596. The van der Waals surface area contributed by atoms with Crippen molar-refractivity contribution in [2.45, 2.75) is 37.7 Å². The molecule has 0 spiro atoms. The second-order valence-electron chi connectivity index (χ2n) is 4.36. The van der Waals surface area contributed by atoms with Crippen molar-refractivity contribution in [3.8, 4) is 0 Å². The van der Waals surface area contributed by atoms with E-state index in [9.17, 15) is 9.50 Å². The molecule has 1 aliphatic rings. The molecule has 3 heteroatoms. The van der Waals surface area contributed by atoms with Gasteiger partial charge in [0, 0.05) is 6.42 Å². The van der Waals surface area contributed by atoms with Crippen LogP contribution in [0.4, 0.5) is 4.39 Å². The molecule has 0 unspecified atom stereocenters. The van der Waals surface area contributed by atoms with Gasteiger partial charge in [0.2, 0.25) is 0 Å². The van der Waals surface area contributed by atoms with Crippen molar-refractivity contribution < 1.29 is 9.50 Å². The highest BCUT2D eigenvalue weighted by Crippen LogP contribution is 2.33. The third-order valence-electron chi connectivity index (χ3n) is 3.05. The molecule has 1 aliphatic carbocycles. The predicted molar refractivity (Wildman–Crippen MR) is 58.5 cm³/mol. The van der Waals surface area contributed by atoms with E-state index in [1.54, 1.807) is 12.1 Å². The van der Waals surface area contributed by atoms with Crippen LogP contribution in [0.5, 0.6) is 0 Å². The van der Waals surface area contributed by atoms with Crippen LogP contribution in [0.2, 0.25) is 5.02 Å². The number of rotatable bonds is 2. The molecule has 82 valence electrons. The summed E-state index contributed by atoms with van der Waals surface area (Å²) in [4.78, 5) is 0. The molecule has 0 aliphatic heterocycles. The second kappa shape index (κ2) is 4.11. The standard InChI is InChI=1S/C12H14ClFO/c13-10-7-9(3-4-11(10)14)8-12(15)5-1-2-6-12/h3-4,7,15H,1-2,5-6,8H2. The number of hydrogen-bond donors (Lipinski definition) is 1. The van der Waals surface area contributed by atoms with Gasteiger partial charge in [0.25, 0.3) is 0 Å². The lowest BCUT2D eigenvalue weighted by Gasteiger charge is -2.22. The number of benzene rings is 1. The monoisotopic (exact) mass is 228 g/mol.